The minimum absolute atomic E-state index is 0.125. The van der Waals surface area contributed by atoms with Gasteiger partial charge in [0.05, 0.1) is 17.8 Å². The second kappa shape index (κ2) is 6.35. The fourth-order valence-corrected chi connectivity index (χ4v) is 2.87. The number of hydrogen-bond acceptors (Lipinski definition) is 4. The average molecular weight is 371 g/mol. The first-order valence-corrected chi connectivity index (χ1v) is 7.81. The molecule has 0 bridgehead atoms. The molecule has 118 valence electrons. The van der Waals surface area contributed by atoms with E-state index in [-0.39, 0.29) is 12.3 Å². The highest BCUT2D eigenvalue weighted by atomic mass is 35.5. The summed E-state index contributed by atoms with van der Waals surface area (Å²) in [6.07, 6.45) is 1.46. The third-order valence-electron chi connectivity index (χ3n) is 3.05. The number of hydrogen-bond donors (Lipinski definition) is 0. The Kier molecular flexibility index (Phi) is 4.43. The van der Waals surface area contributed by atoms with Gasteiger partial charge in [-0.2, -0.15) is 5.10 Å². The van der Waals surface area contributed by atoms with Crippen molar-refractivity contribution in [1.82, 2.24) is 14.6 Å². The Morgan fingerprint density at radius 3 is 2.48 bits per heavy atom. The van der Waals surface area contributed by atoms with Crippen molar-refractivity contribution in [2.45, 2.75) is 6.92 Å². The van der Waals surface area contributed by atoms with Crippen molar-refractivity contribution < 1.29 is 9.53 Å². The van der Waals surface area contributed by atoms with Crippen LogP contribution in [-0.2, 0) is 4.74 Å². The van der Waals surface area contributed by atoms with Crippen LogP contribution < -0.4 is 0 Å². The van der Waals surface area contributed by atoms with Crippen LogP contribution in [0.2, 0.25) is 15.1 Å². The predicted octanol–water partition coefficient (Wildman–Crippen LogP) is 4.53. The summed E-state index contributed by atoms with van der Waals surface area (Å²) >= 11 is 18.1. The molecule has 0 unspecified atom stereocenters. The van der Waals surface area contributed by atoms with Gasteiger partial charge in [-0.25, -0.2) is 14.3 Å². The van der Waals surface area contributed by atoms with Gasteiger partial charge in [-0.3, -0.25) is 0 Å². The number of carbonyl (C=O) groups is 1. The second-order valence-electron chi connectivity index (χ2n) is 4.63. The maximum atomic E-state index is 12.2. The smallest absolute Gasteiger partial charge is 0.359 e. The van der Waals surface area contributed by atoms with Crippen molar-refractivity contribution in [3.05, 3.63) is 51.2 Å². The number of esters is 1. The largest absolute Gasteiger partial charge is 0.461 e. The summed E-state index contributed by atoms with van der Waals surface area (Å²) in [7, 11) is 0. The quantitative estimate of drug-likeness (QED) is 0.635. The van der Waals surface area contributed by atoms with Gasteiger partial charge in [-0.05, 0) is 25.1 Å². The Bertz CT molecular complexity index is 888. The molecular weight excluding hydrogens is 361 g/mol. The molecule has 0 saturated carbocycles. The van der Waals surface area contributed by atoms with E-state index < -0.39 is 5.97 Å². The topological polar surface area (TPSA) is 56.5 Å². The van der Waals surface area contributed by atoms with E-state index in [9.17, 15) is 4.79 Å². The van der Waals surface area contributed by atoms with E-state index in [0.29, 0.717) is 32.0 Å². The monoisotopic (exact) mass is 369 g/mol. The summed E-state index contributed by atoms with van der Waals surface area (Å²) < 4.78 is 6.57. The van der Waals surface area contributed by atoms with E-state index in [1.165, 1.54) is 10.7 Å². The number of ether oxygens (including phenoxy) is 1. The molecule has 0 aliphatic heterocycles. The Hall–Kier alpha value is -1.82. The van der Waals surface area contributed by atoms with E-state index in [0.717, 1.165) is 0 Å². The van der Waals surface area contributed by atoms with Crippen LogP contribution in [0.15, 0.2) is 30.5 Å². The van der Waals surface area contributed by atoms with Crippen molar-refractivity contribution in [2.75, 3.05) is 6.61 Å². The van der Waals surface area contributed by atoms with Crippen molar-refractivity contribution in [2.24, 2.45) is 0 Å². The minimum Gasteiger partial charge on any atom is -0.461 e. The Labute approximate surface area is 146 Å². The summed E-state index contributed by atoms with van der Waals surface area (Å²) in [5, 5.41) is 5.49. The number of aromatic nitrogens is 3. The van der Waals surface area contributed by atoms with Crippen LogP contribution in [0, 0.1) is 0 Å². The average Bonchev–Trinajstić information content (AvgIpc) is 2.85. The van der Waals surface area contributed by atoms with Crippen LogP contribution in [0.5, 0.6) is 0 Å². The summed E-state index contributed by atoms with van der Waals surface area (Å²) in [6, 6.07) is 6.56. The van der Waals surface area contributed by atoms with E-state index in [1.54, 1.807) is 31.2 Å². The summed E-state index contributed by atoms with van der Waals surface area (Å²) in [4.78, 5) is 16.5. The van der Waals surface area contributed by atoms with Crippen LogP contribution in [-0.4, -0.2) is 27.2 Å². The summed E-state index contributed by atoms with van der Waals surface area (Å²) in [6.45, 7) is 1.95. The van der Waals surface area contributed by atoms with Crippen LogP contribution in [0.1, 0.15) is 17.4 Å². The second-order valence-corrected chi connectivity index (χ2v) is 5.94. The van der Waals surface area contributed by atoms with Gasteiger partial charge in [0.15, 0.2) is 11.3 Å². The van der Waals surface area contributed by atoms with Gasteiger partial charge in [0.1, 0.15) is 5.69 Å². The first-order valence-electron chi connectivity index (χ1n) is 6.67. The van der Waals surface area contributed by atoms with Gasteiger partial charge < -0.3 is 4.74 Å². The molecule has 0 radical (unpaired) electrons. The number of halogens is 3. The van der Waals surface area contributed by atoms with Crippen LogP contribution >= 0.6 is 34.8 Å². The lowest BCUT2D eigenvalue weighted by atomic mass is 10.1. The number of benzene rings is 1. The first-order chi connectivity index (χ1) is 11.0. The standard InChI is InChI=1S/C15H10Cl3N3O2/c1-2-23-15(22)13-14(8-3-9(16)5-10(17)4-8)21-12(20-13)6-11(18)7-19-21/h3-7H,2H2,1H3. The Balaban J connectivity index is 2.31. The van der Waals surface area contributed by atoms with Crippen LogP contribution in [0.4, 0.5) is 0 Å². The minimum atomic E-state index is -0.555. The van der Waals surface area contributed by atoms with E-state index in [2.05, 4.69) is 10.1 Å². The zero-order valence-corrected chi connectivity index (χ0v) is 14.2. The molecule has 0 spiro atoms. The number of nitrogens with zero attached hydrogens (tertiary/aromatic N) is 3. The number of carbonyl (C=O) groups excluding carboxylic acids is 1. The molecule has 0 saturated heterocycles. The van der Waals surface area contributed by atoms with Crippen molar-refractivity contribution in [3.8, 4) is 11.3 Å². The first kappa shape index (κ1) is 16.1. The normalized spacial score (nSPS) is 11.0. The van der Waals surface area contributed by atoms with E-state index in [1.807, 2.05) is 0 Å². The van der Waals surface area contributed by atoms with Gasteiger partial charge in [0, 0.05) is 21.7 Å². The SMILES string of the molecule is CCOC(=O)c1nc2cc(Cl)cnn2c1-c1cc(Cl)cc(Cl)c1. The summed E-state index contributed by atoms with van der Waals surface area (Å²) in [5.41, 5.74) is 1.60. The molecule has 1 aromatic carbocycles. The lowest BCUT2D eigenvalue weighted by Crippen LogP contribution is -2.07. The molecule has 0 aliphatic rings. The van der Waals surface area contributed by atoms with Gasteiger partial charge in [-0.15, -0.1) is 0 Å². The van der Waals surface area contributed by atoms with Gasteiger partial charge in [-0.1, -0.05) is 34.8 Å². The van der Waals surface area contributed by atoms with Crippen molar-refractivity contribution in [1.29, 1.82) is 0 Å². The highest BCUT2D eigenvalue weighted by Crippen LogP contribution is 2.31. The number of fused-ring (bicyclic) bond motifs is 1. The van der Waals surface area contributed by atoms with Crippen molar-refractivity contribution in [3.63, 3.8) is 0 Å². The molecular formula is C15H10Cl3N3O2. The van der Waals surface area contributed by atoms with Crippen molar-refractivity contribution >= 4 is 46.4 Å². The van der Waals surface area contributed by atoms with Gasteiger partial charge in [0.25, 0.3) is 0 Å². The van der Waals surface area contributed by atoms with Gasteiger partial charge in [0.2, 0.25) is 0 Å². The highest BCUT2D eigenvalue weighted by molar-refractivity contribution is 6.35. The fourth-order valence-electron chi connectivity index (χ4n) is 2.20. The van der Waals surface area contributed by atoms with E-state index in [4.69, 9.17) is 39.5 Å². The molecule has 3 rings (SSSR count). The fraction of sp³-hybridized carbons (Fsp3) is 0.133. The molecule has 3 aromatic rings. The lowest BCUT2D eigenvalue weighted by molar-refractivity contribution is 0.0521. The molecule has 0 amide bonds. The highest BCUT2D eigenvalue weighted by Gasteiger charge is 2.23. The molecule has 0 aliphatic carbocycles. The third-order valence-corrected chi connectivity index (χ3v) is 3.69. The molecule has 2 heterocycles. The van der Waals surface area contributed by atoms with E-state index >= 15 is 0 Å². The summed E-state index contributed by atoms with van der Waals surface area (Å²) in [5.74, 6) is -0.555. The molecule has 2 aromatic heterocycles. The van der Waals surface area contributed by atoms with Crippen LogP contribution in [0.25, 0.3) is 16.9 Å². The molecule has 5 nitrogen and oxygen atoms in total. The number of rotatable bonds is 3. The predicted molar refractivity (Wildman–Crippen MR) is 89.4 cm³/mol. The number of imidazole rings is 1. The Morgan fingerprint density at radius 1 is 1.13 bits per heavy atom. The lowest BCUT2D eigenvalue weighted by Gasteiger charge is -2.06. The molecule has 0 N–H and O–H groups in total. The maximum absolute atomic E-state index is 12.2. The molecule has 0 atom stereocenters. The van der Waals surface area contributed by atoms with Crippen LogP contribution in [0.3, 0.4) is 0 Å². The molecule has 8 heteroatoms. The zero-order chi connectivity index (χ0) is 16.6. The third kappa shape index (κ3) is 3.13. The molecule has 0 fully saturated rings. The zero-order valence-electron chi connectivity index (χ0n) is 11.9. The van der Waals surface area contributed by atoms with Gasteiger partial charge >= 0.3 is 5.97 Å². The molecule has 23 heavy (non-hydrogen) atoms. The maximum Gasteiger partial charge on any atom is 0.359 e. The Morgan fingerprint density at radius 2 is 1.83 bits per heavy atom.